The normalized spacial score (nSPS) is 14.4. The molecule has 18 heavy (non-hydrogen) atoms. The predicted octanol–water partition coefficient (Wildman–Crippen LogP) is 1.95. The Morgan fingerprint density at radius 2 is 2.00 bits per heavy atom. The number of aromatic nitrogens is 2. The molecule has 0 saturated carbocycles. The summed E-state index contributed by atoms with van der Waals surface area (Å²) in [6, 6.07) is 6.92. The minimum absolute atomic E-state index is 0.244. The van der Waals surface area contributed by atoms with E-state index in [1.807, 2.05) is 26.0 Å². The number of phenols is 1. The summed E-state index contributed by atoms with van der Waals surface area (Å²) < 4.78 is 5.18. The largest absolute Gasteiger partial charge is 0.508 e. The van der Waals surface area contributed by atoms with Gasteiger partial charge in [0.1, 0.15) is 5.75 Å². The monoisotopic (exact) mass is 247 g/mol. The first-order valence-corrected chi connectivity index (χ1v) is 5.91. The maximum Gasteiger partial charge on any atom is 0.246 e. The molecule has 0 saturated heterocycles. The van der Waals surface area contributed by atoms with Crippen molar-refractivity contribution in [2.75, 3.05) is 0 Å². The van der Waals surface area contributed by atoms with Gasteiger partial charge in [-0.2, -0.15) is 4.98 Å². The van der Waals surface area contributed by atoms with Gasteiger partial charge in [-0.3, -0.25) is 0 Å². The van der Waals surface area contributed by atoms with E-state index in [1.165, 1.54) is 0 Å². The van der Waals surface area contributed by atoms with Crippen LogP contribution in [0.3, 0.4) is 0 Å². The van der Waals surface area contributed by atoms with Crippen molar-refractivity contribution in [2.24, 2.45) is 5.73 Å². The topological polar surface area (TPSA) is 85.2 Å². The van der Waals surface area contributed by atoms with E-state index in [1.54, 1.807) is 12.1 Å². The summed E-state index contributed by atoms with van der Waals surface area (Å²) in [5.74, 6) is 1.30. The first-order chi connectivity index (χ1) is 8.51. The summed E-state index contributed by atoms with van der Waals surface area (Å²) in [6.07, 6.45) is 1.29. The Kier molecular flexibility index (Phi) is 3.34. The molecule has 1 aromatic carbocycles. The summed E-state index contributed by atoms with van der Waals surface area (Å²) in [6.45, 7) is 3.84. The van der Waals surface area contributed by atoms with Crippen molar-refractivity contribution in [3.05, 3.63) is 41.5 Å². The molecule has 1 aromatic heterocycles. The number of aromatic hydroxyl groups is 1. The standard InChI is InChI=1S/C13H17N3O2/c1-3-13(2,14)12-15-11(16-18-12)8-9-4-6-10(17)7-5-9/h4-7,17H,3,8,14H2,1-2H3. The Morgan fingerprint density at radius 3 is 2.61 bits per heavy atom. The van der Waals surface area contributed by atoms with Gasteiger partial charge < -0.3 is 15.4 Å². The molecule has 0 amide bonds. The summed E-state index contributed by atoms with van der Waals surface area (Å²) >= 11 is 0. The molecule has 2 rings (SSSR count). The fourth-order valence-electron chi connectivity index (χ4n) is 1.51. The third kappa shape index (κ3) is 2.68. The lowest BCUT2D eigenvalue weighted by Gasteiger charge is -2.16. The fraction of sp³-hybridized carbons (Fsp3) is 0.385. The van der Waals surface area contributed by atoms with Crippen molar-refractivity contribution < 1.29 is 9.63 Å². The molecule has 1 unspecified atom stereocenters. The number of hydrogen-bond acceptors (Lipinski definition) is 5. The second-order valence-corrected chi connectivity index (χ2v) is 4.63. The van der Waals surface area contributed by atoms with Crippen LogP contribution in [0.2, 0.25) is 0 Å². The van der Waals surface area contributed by atoms with Crippen LogP contribution in [0.5, 0.6) is 5.75 Å². The molecule has 5 nitrogen and oxygen atoms in total. The van der Waals surface area contributed by atoms with Gasteiger partial charge >= 0.3 is 0 Å². The molecule has 0 aliphatic heterocycles. The molecule has 1 atom stereocenters. The Bertz CT molecular complexity index is 517. The van der Waals surface area contributed by atoms with Gasteiger partial charge in [0.25, 0.3) is 0 Å². The number of nitrogens with two attached hydrogens (primary N) is 1. The fourth-order valence-corrected chi connectivity index (χ4v) is 1.51. The highest BCUT2D eigenvalue weighted by atomic mass is 16.5. The third-order valence-corrected chi connectivity index (χ3v) is 2.99. The molecule has 0 radical (unpaired) electrons. The Labute approximate surface area is 106 Å². The van der Waals surface area contributed by atoms with E-state index < -0.39 is 5.54 Å². The van der Waals surface area contributed by atoms with Gasteiger partial charge in [0.05, 0.1) is 5.54 Å². The van der Waals surface area contributed by atoms with Crippen LogP contribution in [0.1, 0.15) is 37.5 Å². The molecule has 2 aromatic rings. The number of phenolic OH excluding ortho intramolecular Hbond substituents is 1. The Morgan fingerprint density at radius 1 is 1.33 bits per heavy atom. The highest BCUT2D eigenvalue weighted by Gasteiger charge is 2.26. The summed E-state index contributed by atoms with van der Waals surface area (Å²) in [5, 5.41) is 13.1. The second-order valence-electron chi connectivity index (χ2n) is 4.63. The average molecular weight is 247 g/mol. The smallest absolute Gasteiger partial charge is 0.246 e. The maximum absolute atomic E-state index is 9.20. The molecular weight excluding hydrogens is 230 g/mol. The highest BCUT2D eigenvalue weighted by molar-refractivity contribution is 5.27. The minimum Gasteiger partial charge on any atom is -0.508 e. The van der Waals surface area contributed by atoms with E-state index in [0.717, 1.165) is 12.0 Å². The SMILES string of the molecule is CCC(C)(N)c1nc(Cc2ccc(O)cc2)no1. The maximum atomic E-state index is 9.20. The van der Waals surface area contributed by atoms with E-state index in [2.05, 4.69) is 10.1 Å². The highest BCUT2D eigenvalue weighted by Crippen LogP contribution is 2.20. The number of hydrogen-bond donors (Lipinski definition) is 2. The minimum atomic E-state index is -0.583. The van der Waals surface area contributed by atoms with Gasteiger partial charge in [-0.1, -0.05) is 24.2 Å². The zero-order valence-corrected chi connectivity index (χ0v) is 10.6. The van der Waals surface area contributed by atoms with Gasteiger partial charge in [0.15, 0.2) is 5.82 Å². The van der Waals surface area contributed by atoms with Crippen molar-refractivity contribution in [1.29, 1.82) is 0 Å². The Balaban J connectivity index is 2.14. The Hall–Kier alpha value is -1.88. The van der Waals surface area contributed by atoms with E-state index in [0.29, 0.717) is 18.1 Å². The van der Waals surface area contributed by atoms with Gasteiger partial charge in [-0.25, -0.2) is 0 Å². The molecule has 0 aliphatic carbocycles. The number of benzene rings is 1. The van der Waals surface area contributed by atoms with E-state index >= 15 is 0 Å². The van der Waals surface area contributed by atoms with Crippen LogP contribution in [-0.2, 0) is 12.0 Å². The molecular formula is C13H17N3O2. The first-order valence-electron chi connectivity index (χ1n) is 5.91. The van der Waals surface area contributed by atoms with E-state index in [-0.39, 0.29) is 5.75 Å². The molecule has 1 heterocycles. The van der Waals surface area contributed by atoms with Crippen LogP contribution >= 0.6 is 0 Å². The summed E-state index contributed by atoms with van der Waals surface area (Å²) in [4.78, 5) is 4.31. The quantitative estimate of drug-likeness (QED) is 0.862. The first kappa shape index (κ1) is 12.6. The molecule has 0 spiro atoms. The van der Waals surface area contributed by atoms with Gasteiger partial charge in [-0.05, 0) is 31.0 Å². The van der Waals surface area contributed by atoms with Crippen molar-refractivity contribution in [2.45, 2.75) is 32.2 Å². The van der Waals surface area contributed by atoms with Crippen LogP contribution in [0, 0.1) is 0 Å². The van der Waals surface area contributed by atoms with Crippen LogP contribution in [0.15, 0.2) is 28.8 Å². The van der Waals surface area contributed by atoms with Crippen molar-refractivity contribution in [1.82, 2.24) is 10.1 Å². The lowest BCUT2D eigenvalue weighted by atomic mass is 10.0. The van der Waals surface area contributed by atoms with Crippen LogP contribution in [-0.4, -0.2) is 15.2 Å². The van der Waals surface area contributed by atoms with E-state index in [4.69, 9.17) is 10.3 Å². The van der Waals surface area contributed by atoms with Crippen LogP contribution in [0.25, 0.3) is 0 Å². The van der Waals surface area contributed by atoms with E-state index in [9.17, 15) is 5.11 Å². The molecule has 0 fully saturated rings. The summed E-state index contributed by atoms with van der Waals surface area (Å²) in [7, 11) is 0. The van der Waals surface area contributed by atoms with Crippen LogP contribution in [0.4, 0.5) is 0 Å². The van der Waals surface area contributed by atoms with Gasteiger partial charge in [-0.15, -0.1) is 0 Å². The lowest BCUT2D eigenvalue weighted by molar-refractivity contribution is 0.290. The number of rotatable bonds is 4. The van der Waals surface area contributed by atoms with Gasteiger partial charge in [0.2, 0.25) is 5.89 Å². The van der Waals surface area contributed by atoms with Crippen molar-refractivity contribution >= 4 is 0 Å². The predicted molar refractivity (Wildman–Crippen MR) is 67.0 cm³/mol. The molecule has 3 N–H and O–H groups in total. The van der Waals surface area contributed by atoms with Crippen LogP contribution < -0.4 is 5.73 Å². The third-order valence-electron chi connectivity index (χ3n) is 2.99. The zero-order valence-electron chi connectivity index (χ0n) is 10.6. The zero-order chi connectivity index (χ0) is 13.2. The van der Waals surface area contributed by atoms with Gasteiger partial charge in [0, 0.05) is 6.42 Å². The molecule has 96 valence electrons. The van der Waals surface area contributed by atoms with Crippen molar-refractivity contribution in [3.63, 3.8) is 0 Å². The second kappa shape index (κ2) is 4.78. The number of nitrogens with zero attached hydrogens (tertiary/aromatic N) is 2. The average Bonchev–Trinajstić information content (AvgIpc) is 2.81. The molecule has 0 aliphatic rings. The van der Waals surface area contributed by atoms with Crippen molar-refractivity contribution in [3.8, 4) is 5.75 Å². The summed E-state index contributed by atoms with van der Waals surface area (Å²) in [5.41, 5.74) is 6.46. The molecule has 0 bridgehead atoms. The molecule has 5 heteroatoms. The lowest BCUT2D eigenvalue weighted by Crippen LogP contribution is -2.32.